The summed E-state index contributed by atoms with van der Waals surface area (Å²) in [6.45, 7) is 4.14. The fraction of sp³-hybridized carbons (Fsp3) is 0.208. The van der Waals surface area contributed by atoms with Gasteiger partial charge in [0.1, 0.15) is 0 Å². The molecular formula is C24H24N2O3. The number of benzene rings is 3. The third kappa shape index (κ3) is 4.41. The van der Waals surface area contributed by atoms with Crippen molar-refractivity contribution in [2.45, 2.75) is 25.9 Å². The molecule has 5 heteroatoms. The highest BCUT2D eigenvalue weighted by Gasteiger charge is 2.21. The quantitative estimate of drug-likeness (QED) is 0.656. The number of carbonyl (C=O) groups excluding carboxylic acids is 1. The van der Waals surface area contributed by atoms with Crippen molar-refractivity contribution < 1.29 is 14.3 Å². The molecule has 0 spiro atoms. The molecule has 0 saturated heterocycles. The maximum Gasteiger partial charge on any atom is 0.241 e. The van der Waals surface area contributed by atoms with E-state index in [0.29, 0.717) is 17.2 Å². The van der Waals surface area contributed by atoms with Crippen molar-refractivity contribution in [3.63, 3.8) is 0 Å². The smallest absolute Gasteiger partial charge is 0.241 e. The van der Waals surface area contributed by atoms with Crippen LogP contribution in [-0.2, 0) is 4.79 Å². The Morgan fingerprint density at radius 2 is 1.59 bits per heavy atom. The van der Waals surface area contributed by atoms with Gasteiger partial charge in [0, 0.05) is 11.8 Å². The summed E-state index contributed by atoms with van der Waals surface area (Å²) >= 11 is 0. The van der Waals surface area contributed by atoms with Crippen LogP contribution in [0.25, 0.3) is 0 Å². The van der Waals surface area contributed by atoms with Crippen LogP contribution in [0.15, 0.2) is 72.8 Å². The zero-order valence-corrected chi connectivity index (χ0v) is 16.5. The van der Waals surface area contributed by atoms with E-state index in [0.717, 1.165) is 11.1 Å². The van der Waals surface area contributed by atoms with Gasteiger partial charge in [-0.05, 0) is 37.1 Å². The van der Waals surface area contributed by atoms with Gasteiger partial charge in [0.2, 0.25) is 12.7 Å². The second-order valence-corrected chi connectivity index (χ2v) is 7.20. The Hall–Kier alpha value is -3.31. The van der Waals surface area contributed by atoms with Crippen LogP contribution < -0.4 is 20.1 Å². The molecule has 1 aliphatic heterocycles. The van der Waals surface area contributed by atoms with E-state index in [1.807, 2.05) is 31.2 Å². The van der Waals surface area contributed by atoms with Gasteiger partial charge in [-0.1, -0.05) is 60.2 Å². The number of hydrogen-bond donors (Lipinski definition) is 2. The van der Waals surface area contributed by atoms with Crippen LogP contribution in [0.1, 0.15) is 29.7 Å². The molecule has 3 aromatic carbocycles. The minimum atomic E-state index is -0.410. The molecule has 1 aliphatic rings. The van der Waals surface area contributed by atoms with Gasteiger partial charge < -0.3 is 14.8 Å². The lowest BCUT2D eigenvalue weighted by Gasteiger charge is -2.24. The number of hydrogen-bond acceptors (Lipinski definition) is 4. The van der Waals surface area contributed by atoms with Gasteiger partial charge in [-0.25, -0.2) is 0 Å². The Bertz CT molecular complexity index is 987. The predicted molar refractivity (Wildman–Crippen MR) is 113 cm³/mol. The van der Waals surface area contributed by atoms with E-state index in [-0.39, 0.29) is 18.7 Å². The van der Waals surface area contributed by atoms with Crippen molar-refractivity contribution in [2.24, 2.45) is 0 Å². The summed E-state index contributed by atoms with van der Waals surface area (Å²) in [7, 11) is 0. The van der Waals surface area contributed by atoms with E-state index in [2.05, 4.69) is 54.0 Å². The molecule has 1 amide bonds. The third-order valence-electron chi connectivity index (χ3n) is 4.99. The van der Waals surface area contributed by atoms with E-state index in [9.17, 15) is 4.79 Å². The molecule has 0 unspecified atom stereocenters. The van der Waals surface area contributed by atoms with E-state index < -0.39 is 6.04 Å². The first-order valence-corrected chi connectivity index (χ1v) is 9.68. The van der Waals surface area contributed by atoms with E-state index in [1.165, 1.54) is 5.56 Å². The molecule has 0 bridgehead atoms. The number of aryl methyl sites for hydroxylation is 1. The number of fused-ring (bicyclic) bond motifs is 1. The Balaban J connectivity index is 1.50. The molecule has 3 aromatic rings. The Kier molecular flexibility index (Phi) is 5.49. The van der Waals surface area contributed by atoms with Crippen molar-refractivity contribution in [1.82, 2.24) is 5.32 Å². The van der Waals surface area contributed by atoms with E-state index in [4.69, 9.17) is 9.47 Å². The average molecular weight is 388 g/mol. The van der Waals surface area contributed by atoms with E-state index in [1.54, 1.807) is 12.1 Å². The molecular weight excluding hydrogens is 364 g/mol. The summed E-state index contributed by atoms with van der Waals surface area (Å²) in [6, 6.07) is 23.4. The Labute approximate surface area is 170 Å². The molecule has 0 radical (unpaired) electrons. The monoisotopic (exact) mass is 388 g/mol. The van der Waals surface area contributed by atoms with E-state index >= 15 is 0 Å². The summed E-state index contributed by atoms with van der Waals surface area (Å²) in [6.07, 6.45) is 0. The van der Waals surface area contributed by atoms with Crippen molar-refractivity contribution in [2.75, 3.05) is 12.1 Å². The zero-order valence-electron chi connectivity index (χ0n) is 16.5. The second kappa shape index (κ2) is 8.37. The van der Waals surface area contributed by atoms with Gasteiger partial charge in [0.05, 0.1) is 12.1 Å². The zero-order chi connectivity index (χ0) is 20.2. The number of carbonyl (C=O) groups is 1. The maximum absolute atomic E-state index is 12.8. The second-order valence-electron chi connectivity index (χ2n) is 7.20. The SMILES string of the molecule is Cc1ccc([C@H](N[C@@H](C)C(=O)Nc2ccc3c(c2)OCO3)c2ccccc2)cc1. The first-order chi connectivity index (χ1) is 14.1. The first-order valence-electron chi connectivity index (χ1n) is 9.68. The van der Waals surface area contributed by atoms with Crippen LogP contribution in [0.4, 0.5) is 5.69 Å². The van der Waals surface area contributed by atoms with Gasteiger partial charge in [-0.2, -0.15) is 0 Å². The Morgan fingerprint density at radius 1 is 0.897 bits per heavy atom. The van der Waals surface area contributed by atoms with Crippen molar-refractivity contribution in [3.05, 3.63) is 89.5 Å². The summed E-state index contributed by atoms with van der Waals surface area (Å²) in [5.41, 5.74) is 4.11. The molecule has 29 heavy (non-hydrogen) atoms. The number of anilines is 1. The molecule has 5 nitrogen and oxygen atoms in total. The van der Waals surface area contributed by atoms with Crippen molar-refractivity contribution >= 4 is 11.6 Å². The fourth-order valence-corrected chi connectivity index (χ4v) is 3.34. The van der Waals surface area contributed by atoms with Crippen LogP contribution in [0.2, 0.25) is 0 Å². The molecule has 0 saturated carbocycles. The normalized spacial score (nSPS) is 14.3. The number of nitrogens with one attached hydrogen (secondary N) is 2. The number of rotatable bonds is 6. The lowest BCUT2D eigenvalue weighted by atomic mass is 9.97. The molecule has 0 aromatic heterocycles. The van der Waals surface area contributed by atoms with Crippen LogP contribution in [-0.4, -0.2) is 18.7 Å². The topological polar surface area (TPSA) is 59.6 Å². The van der Waals surface area contributed by atoms with Gasteiger partial charge >= 0.3 is 0 Å². The summed E-state index contributed by atoms with van der Waals surface area (Å²) < 4.78 is 10.7. The van der Waals surface area contributed by atoms with Gasteiger partial charge in [-0.15, -0.1) is 0 Å². The van der Waals surface area contributed by atoms with Gasteiger partial charge in [0.25, 0.3) is 0 Å². The van der Waals surface area contributed by atoms with Crippen LogP contribution >= 0.6 is 0 Å². The van der Waals surface area contributed by atoms with Crippen LogP contribution in [0.3, 0.4) is 0 Å². The lowest BCUT2D eigenvalue weighted by molar-refractivity contribution is -0.117. The summed E-state index contributed by atoms with van der Waals surface area (Å²) in [5, 5.41) is 6.43. The first kappa shape index (κ1) is 19.0. The molecule has 148 valence electrons. The number of ether oxygens (including phenoxy) is 2. The van der Waals surface area contributed by atoms with Crippen molar-refractivity contribution in [3.8, 4) is 11.5 Å². The van der Waals surface area contributed by atoms with Gasteiger partial charge in [-0.3, -0.25) is 10.1 Å². The lowest BCUT2D eigenvalue weighted by Crippen LogP contribution is -2.40. The molecule has 0 fully saturated rings. The summed E-state index contributed by atoms with van der Waals surface area (Å²) in [4.78, 5) is 12.8. The number of amides is 1. The highest BCUT2D eigenvalue weighted by molar-refractivity contribution is 5.95. The third-order valence-corrected chi connectivity index (χ3v) is 4.99. The highest BCUT2D eigenvalue weighted by Crippen LogP contribution is 2.34. The molecule has 4 rings (SSSR count). The highest BCUT2D eigenvalue weighted by atomic mass is 16.7. The standard InChI is InChI=1S/C24H24N2O3/c1-16-8-10-19(11-9-16)23(18-6-4-3-5-7-18)25-17(2)24(27)26-20-12-13-21-22(14-20)29-15-28-21/h3-14,17,23,25H,15H2,1-2H3,(H,26,27)/t17-,23+/m0/s1. The largest absolute Gasteiger partial charge is 0.454 e. The summed E-state index contributed by atoms with van der Waals surface area (Å²) in [5.74, 6) is 1.22. The predicted octanol–water partition coefficient (Wildman–Crippen LogP) is 4.43. The minimum absolute atomic E-state index is 0.0886. The van der Waals surface area contributed by atoms with Gasteiger partial charge in [0.15, 0.2) is 11.5 Å². The van der Waals surface area contributed by atoms with Crippen LogP contribution in [0.5, 0.6) is 11.5 Å². The molecule has 2 atom stereocenters. The minimum Gasteiger partial charge on any atom is -0.454 e. The Morgan fingerprint density at radius 3 is 2.34 bits per heavy atom. The molecule has 0 aliphatic carbocycles. The van der Waals surface area contributed by atoms with Crippen LogP contribution in [0, 0.1) is 6.92 Å². The molecule has 2 N–H and O–H groups in total. The average Bonchev–Trinajstić information content (AvgIpc) is 3.21. The van der Waals surface area contributed by atoms with Crippen molar-refractivity contribution in [1.29, 1.82) is 0 Å². The maximum atomic E-state index is 12.8. The fourth-order valence-electron chi connectivity index (χ4n) is 3.34. The molecule has 1 heterocycles.